The first kappa shape index (κ1) is 18.2. The molecule has 1 aromatic rings. The maximum Gasteiger partial charge on any atom is 0.184 e. The average molecular weight is 356 g/mol. The van der Waals surface area contributed by atoms with Crippen LogP contribution in [0.2, 0.25) is 0 Å². The molecule has 9 heteroatoms. The van der Waals surface area contributed by atoms with Crippen LogP contribution in [0.1, 0.15) is 31.7 Å². The fourth-order valence-electron chi connectivity index (χ4n) is 2.22. The molecule has 1 aliphatic rings. The van der Waals surface area contributed by atoms with Crippen LogP contribution in [-0.2, 0) is 25.9 Å². The minimum atomic E-state index is -4.45. The highest BCUT2D eigenvalue weighted by Gasteiger charge is 2.32. The standard InChI is InChI=1S/C14H16F4O4S/c1-2-23(19,20)14-12(17)10(15)8(11(16)13(14)18)7-22-9-5-3-4-6-21-9/h9H,2-7H2,1H3. The first-order chi connectivity index (χ1) is 10.8. The summed E-state index contributed by atoms with van der Waals surface area (Å²) in [4.78, 5) is -1.59. The normalized spacial score (nSPS) is 19.1. The summed E-state index contributed by atoms with van der Waals surface area (Å²) in [6.07, 6.45) is 1.41. The zero-order chi connectivity index (χ0) is 17.2. The highest BCUT2D eigenvalue weighted by molar-refractivity contribution is 7.91. The summed E-state index contributed by atoms with van der Waals surface area (Å²) in [5.41, 5.74) is -0.996. The van der Waals surface area contributed by atoms with Crippen molar-refractivity contribution in [3.8, 4) is 0 Å². The summed E-state index contributed by atoms with van der Waals surface area (Å²) in [5, 5.41) is 0. The summed E-state index contributed by atoms with van der Waals surface area (Å²) in [6.45, 7) is 0.774. The molecule has 0 bridgehead atoms. The topological polar surface area (TPSA) is 52.6 Å². The lowest BCUT2D eigenvalue weighted by Gasteiger charge is -2.23. The van der Waals surface area contributed by atoms with Gasteiger partial charge in [0.05, 0.1) is 17.9 Å². The van der Waals surface area contributed by atoms with Crippen LogP contribution in [-0.4, -0.2) is 27.1 Å². The SMILES string of the molecule is CCS(=O)(=O)c1c(F)c(F)c(COC2CCCCO2)c(F)c1F. The predicted molar refractivity (Wildman–Crippen MR) is 72.4 cm³/mol. The molecule has 1 unspecified atom stereocenters. The van der Waals surface area contributed by atoms with Gasteiger partial charge in [-0.2, -0.15) is 0 Å². The number of hydrogen-bond acceptors (Lipinski definition) is 4. The molecule has 0 N–H and O–H groups in total. The fourth-order valence-corrected chi connectivity index (χ4v) is 3.23. The van der Waals surface area contributed by atoms with Crippen molar-refractivity contribution in [2.24, 2.45) is 0 Å². The van der Waals surface area contributed by atoms with E-state index >= 15 is 0 Å². The number of rotatable bonds is 5. The molecule has 0 spiro atoms. The van der Waals surface area contributed by atoms with Gasteiger partial charge in [0.1, 0.15) is 4.90 Å². The maximum atomic E-state index is 14.0. The molecule has 23 heavy (non-hydrogen) atoms. The Morgan fingerprint density at radius 2 is 1.70 bits per heavy atom. The van der Waals surface area contributed by atoms with Crippen LogP contribution in [0.25, 0.3) is 0 Å². The molecule has 1 fully saturated rings. The van der Waals surface area contributed by atoms with Gasteiger partial charge in [-0.15, -0.1) is 0 Å². The first-order valence-corrected chi connectivity index (χ1v) is 8.75. The Morgan fingerprint density at radius 3 is 2.17 bits per heavy atom. The zero-order valence-electron chi connectivity index (χ0n) is 12.4. The highest BCUT2D eigenvalue weighted by atomic mass is 32.2. The van der Waals surface area contributed by atoms with Crippen LogP contribution < -0.4 is 0 Å². The van der Waals surface area contributed by atoms with Crippen LogP contribution in [0.3, 0.4) is 0 Å². The van der Waals surface area contributed by atoms with Gasteiger partial charge in [0, 0.05) is 6.61 Å². The molecule has 0 saturated carbocycles. The zero-order valence-corrected chi connectivity index (χ0v) is 13.2. The second-order valence-corrected chi connectivity index (χ2v) is 7.29. The Morgan fingerprint density at radius 1 is 1.09 bits per heavy atom. The summed E-state index contributed by atoms with van der Waals surface area (Å²) in [6, 6.07) is 0. The van der Waals surface area contributed by atoms with Crippen molar-refractivity contribution < 1.29 is 35.5 Å². The highest BCUT2D eigenvalue weighted by Crippen LogP contribution is 2.29. The van der Waals surface area contributed by atoms with Crippen LogP contribution >= 0.6 is 0 Å². The van der Waals surface area contributed by atoms with E-state index in [4.69, 9.17) is 9.47 Å². The number of halogens is 4. The minimum Gasteiger partial charge on any atom is -0.353 e. The smallest absolute Gasteiger partial charge is 0.184 e. The molecular formula is C14H16F4O4S. The van der Waals surface area contributed by atoms with Gasteiger partial charge >= 0.3 is 0 Å². The number of benzene rings is 1. The van der Waals surface area contributed by atoms with Crippen molar-refractivity contribution in [2.45, 2.75) is 44.0 Å². The maximum absolute atomic E-state index is 14.0. The van der Waals surface area contributed by atoms with Crippen molar-refractivity contribution in [3.05, 3.63) is 28.8 Å². The van der Waals surface area contributed by atoms with Gasteiger partial charge < -0.3 is 9.47 Å². The van der Waals surface area contributed by atoms with Gasteiger partial charge in [0.2, 0.25) is 0 Å². The second kappa shape index (κ2) is 7.14. The Hall–Kier alpha value is -1.19. The molecule has 0 aliphatic carbocycles. The second-order valence-electron chi connectivity index (χ2n) is 5.07. The van der Waals surface area contributed by atoms with Crippen molar-refractivity contribution in [2.75, 3.05) is 12.4 Å². The summed E-state index contributed by atoms with van der Waals surface area (Å²) < 4.78 is 89.2. The minimum absolute atomic E-state index is 0.423. The summed E-state index contributed by atoms with van der Waals surface area (Å²) in [7, 11) is -4.45. The Kier molecular flexibility index (Phi) is 5.64. The van der Waals surface area contributed by atoms with E-state index in [1.165, 1.54) is 0 Å². The van der Waals surface area contributed by atoms with Crippen LogP contribution in [0.5, 0.6) is 0 Å². The quantitative estimate of drug-likeness (QED) is 0.601. The lowest BCUT2D eigenvalue weighted by atomic mass is 10.2. The molecule has 130 valence electrons. The number of hydrogen-bond donors (Lipinski definition) is 0. The van der Waals surface area contributed by atoms with Crippen LogP contribution in [0.15, 0.2) is 4.90 Å². The third-order valence-corrected chi connectivity index (χ3v) is 5.30. The van der Waals surface area contributed by atoms with Gasteiger partial charge in [0.15, 0.2) is 39.4 Å². The molecule has 1 saturated heterocycles. The van der Waals surface area contributed by atoms with E-state index in [9.17, 15) is 26.0 Å². The molecule has 0 radical (unpaired) electrons. The summed E-state index contributed by atoms with van der Waals surface area (Å²) in [5.74, 6) is -8.10. The largest absolute Gasteiger partial charge is 0.353 e. The van der Waals surface area contributed by atoms with Gasteiger partial charge in [-0.3, -0.25) is 0 Å². The Bertz CT molecular complexity index is 656. The first-order valence-electron chi connectivity index (χ1n) is 7.10. The number of sulfone groups is 1. The lowest BCUT2D eigenvalue weighted by Crippen LogP contribution is -2.23. The van der Waals surface area contributed by atoms with Crippen molar-refractivity contribution >= 4 is 9.84 Å². The molecule has 0 aromatic heterocycles. The van der Waals surface area contributed by atoms with Crippen LogP contribution in [0, 0.1) is 23.3 Å². The lowest BCUT2D eigenvalue weighted by molar-refractivity contribution is -0.169. The predicted octanol–water partition coefficient (Wildman–Crippen LogP) is 3.08. The third kappa shape index (κ3) is 3.67. The average Bonchev–Trinajstić information content (AvgIpc) is 2.54. The Labute approximate surface area is 131 Å². The van der Waals surface area contributed by atoms with E-state index in [0.717, 1.165) is 19.8 Å². The van der Waals surface area contributed by atoms with Crippen LogP contribution in [0.4, 0.5) is 17.6 Å². The van der Waals surface area contributed by atoms with E-state index < -0.39 is 62.2 Å². The molecular weight excluding hydrogens is 340 g/mol. The summed E-state index contributed by atoms with van der Waals surface area (Å²) >= 11 is 0. The van der Waals surface area contributed by atoms with E-state index in [0.29, 0.717) is 13.0 Å². The molecule has 1 aliphatic heterocycles. The van der Waals surface area contributed by atoms with Crippen molar-refractivity contribution in [3.63, 3.8) is 0 Å². The van der Waals surface area contributed by atoms with E-state index in [2.05, 4.69) is 0 Å². The molecule has 2 rings (SSSR count). The molecule has 0 amide bonds. The molecule has 1 atom stereocenters. The van der Waals surface area contributed by atoms with Gasteiger partial charge in [-0.1, -0.05) is 6.92 Å². The van der Waals surface area contributed by atoms with Gasteiger partial charge in [-0.05, 0) is 19.3 Å². The molecule has 1 aromatic carbocycles. The van der Waals surface area contributed by atoms with E-state index in [-0.39, 0.29) is 0 Å². The molecule has 1 heterocycles. The van der Waals surface area contributed by atoms with E-state index in [1.807, 2.05) is 0 Å². The molecule has 4 nitrogen and oxygen atoms in total. The fraction of sp³-hybridized carbons (Fsp3) is 0.571. The Balaban J connectivity index is 2.35. The van der Waals surface area contributed by atoms with E-state index in [1.54, 1.807) is 0 Å². The van der Waals surface area contributed by atoms with Crippen molar-refractivity contribution in [1.29, 1.82) is 0 Å². The van der Waals surface area contributed by atoms with Gasteiger partial charge in [0.25, 0.3) is 0 Å². The third-order valence-electron chi connectivity index (χ3n) is 3.56. The van der Waals surface area contributed by atoms with Gasteiger partial charge in [-0.25, -0.2) is 26.0 Å². The monoisotopic (exact) mass is 356 g/mol. The van der Waals surface area contributed by atoms with Crippen molar-refractivity contribution in [1.82, 2.24) is 0 Å². The number of ether oxygens (including phenoxy) is 2.